The van der Waals surface area contributed by atoms with E-state index >= 15 is 0 Å². The summed E-state index contributed by atoms with van der Waals surface area (Å²) < 4.78 is 0. The van der Waals surface area contributed by atoms with Crippen LogP contribution in [0, 0.1) is 0 Å². The number of urea groups is 1. The average molecular weight is 394 g/mol. The molecule has 6 nitrogen and oxygen atoms in total. The highest BCUT2D eigenvalue weighted by Crippen LogP contribution is 2.22. The van der Waals surface area contributed by atoms with Crippen molar-refractivity contribution >= 4 is 29.3 Å². The molecule has 0 bridgehead atoms. The van der Waals surface area contributed by atoms with E-state index in [1.807, 2.05) is 73.6 Å². The van der Waals surface area contributed by atoms with Crippen LogP contribution in [0.5, 0.6) is 0 Å². The number of nitrogens with zero attached hydrogens (tertiary/aromatic N) is 3. The lowest BCUT2D eigenvalue weighted by Crippen LogP contribution is -2.29. The molecule has 0 saturated heterocycles. The molecule has 0 aliphatic carbocycles. The van der Waals surface area contributed by atoms with Crippen molar-refractivity contribution in [1.82, 2.24) is 15.3 Å². The van der Waals surface area contributed by atoms with Gasteiger partial charge in [-0.15, -0.1) is 11.8 Å². The summed E-state index contributed by atoms with van der Waals surface area (Å²) >= 11 is 1.66. The summed E-state index contributed by atoms with van der Waals surface area (Å²) in [6.45, 7) is 0.405. The number of benzene rings is 1. The molecule has 3 rings (SSSR count). The van der Waals surface area contributed by atoms with Crippen LogP contribution < -0.4 is 15.5 Å². The topological polar surface area (TPSA) is 70.2 Å². The molecule has 0 unspecified atom stereocenters. The van der Waals surface area contributed by atoms with Crippen molar-refractivity contribution in [3.05, 3.63) is 78.1 Å². The Hall–Kier alpha value is -3.06. The molecular formula is C21H23N5OS. The van der Waals surface area contributed by atoms with Gasteiger partial charge in [0.05, 0.1) is 5.03 Å². The van der Waals surface area contributed by atoms with Gasteiger partial charge in [-0.05, 0) is 35.9 Å². The maximum Gasteiger partial charge on any atom is 0.319 e. The van der Waals surface area contributed by atoms with E-state index in [-0.39, 0.29) is 6.03 Å². The van der Waals surface area contributed by atoms with Crippen LogP contribution >= 0.6 is 11.8 Å². The minimum Gasteiger partial charge on any atom is -0.362 e. The average Bonchev–Trinajstić information content (AvgIpc) is 2.72. The van der Waals surface area contributed by atoms with Gasteiger partial charge >= 0.3 is 6.03 Å². The fourth-order valence-corrected chi connectivity index (χ4v) is 3.45. The molecule has 0 saturated carbocycles. The molecule has 28 heavy (non-hydrogen) atoms. The summed E-state index contributed by atoms with van der Waals surface area (Å²) in [6, 6.07) is 17.3. The van der Waals surface area contributed by atoms with E-state index in [0.29, 0.717) is 6.54 Å². The highest BCUT2D eigenvalue weighted by atomic mass is 32.2. The van der Waals surface area contributed by atoms with Gasteiger partial charge in [0.1, 0.15) is 5.82 Å². The summed E-state index contributed by atoms with van der Waals surface area (Å²) in [4.78, 5) is 22.9. The normalized spacial score (nSPS) is 10.4. The van der Waals surface area contributed by atoms with E-state index in [4.69, 9.17) is 0 Å². The van der Waals surface area contributed by atoms with E-state index in [1.54, 1.807) is 24.2 Å². The Labute approximate surface area is 169 Å². The van der Waals surface area contributed by atoms with Crippen LogP contribution in [0.25, 0.3) is 0 Å². The van der Waals surface area contributed by atoms with Gasteiger partial charge in [0.25, 0.3) is 0 Å². The van der Waals surface area contributed by atoms with Gasteiger partial charge in [-0.3, -0.25) is 0 Å². The second-order valence-electron chi connectivity index (χ2n) is 6.35. The number of nitrogens with one attached hydrogen (secondary N) is 2. The Kier molecular flexibility index (Phi) is 6.86. The van der Waals surface area contributed by atoms with E-state index in [1.165, 1.54) is 0 Å². The van der Waals surface area contributed by atoms with Gasteiger partial charge in [-0.2, -0.15) is 0 Å². The van der Waals surface area contributed by atoms with Crippen molar-refractivity contribution < 1.29 is 4.79 Å². The number of hydrogen-bond acceptors (Lipinski definition) is 5. The van der Waals surface area contributed by atoms with Gasteiger partial charge < -0.3 is 15.5 Å². The molecule has 0 aliphatic rings. The minimum absolute atomic E-state index is 0.247. The van der Waals surface area contributed by atoms with E-state index in [2.05, 4.69) is 20.6 Å². The smallest absolute Gasteiger partial charge is 0.319 e. The first-order chi connectivity index (χ1) is 13.6. The molecular weight excluding hydrogens is 370 g/mol. The maximum absolute atomic E-state index is 12.3. The highest BCUT2D eigenvalue weighted by molar-refractivity contribution is 7.98. The zero-order valence-corrected chi connectivity index (χ0v) is 16.7. The van der Waals surface area contributed by atoms with Crippen LogP contribution in [0.15, 0.2) is 72.0 Å². The number of carbonyl (C=O) groups is 1. The van der Waals surface area contributed by atoms with Gasteiger partial charge in [0, 0.05) is 50.0 Å². The van der Waals surface area contributed by atoms with Crippen LogP contribution in [0.1, 0.15) is 11.1 Å². The van der Waals surface area contributed by atoms with Crippen LogP contribution in [-0.4, -0.2) is 30.1 Å². The molecule has 2 aromatic heterocycles. The van der Waals surface area contributed by atoms with Crippen molar-refractivity contribution in [3.63, 3.8) is 0 Å². The van der Waals surface area contributed by atoms with Crippen LogP contribution in [0.4, 0.5) is 16.3 Å². The number of carbonyl (C=O) groups excluding carboxylic acids is 1. The zero-order valence-electron chi connectivity index (χ0n) is 15.9. The predicted molar refractivity (Wildman–Crippen MR) is 115 cm³/mol. The Balaban J connectivity index is 1.54. The van der Waals surface area contributed by atoms with Crippen molar-refractivity contribution in [1.29, 1.82) is 0 Å². The molecule has 0 atom stereocenters. The lowest BCUT2D eigenvalue weighted by Gasteiger charge is -2.16. The first-order valence-corrected chi connectivity index (χ1v) is 9.89. The highest BCUT2D eigenvalue weighted by Gasteiger charge is 2.08. The molecule has 2 amide bonds. The SMILES string of the molecule is CN(C)c1ncccc1CNC(=O)Nc1cccc(CSc2ccccn2)c1. The van der Waals surface area contributed by atoms with Gasteiger partial charge in [0.2, 0.25) is 0 Å². The lowest BCUT2D eigenvalue weighted by molar-refractivity contribution is 0.251. The van der Waals surface area contributed by atoms with Crippen LogP contribution in [0.3, 0.4) is 0 Å². The fourth-order valence-electron chi connectivity index (χ4n) is 2.65. The molecule has 0 spiro atoms. The maximum atomic E-state index is 12.3. The number of thioether (sulfide) groups is 1. The van der Waals surface area contributed by atoms with E-state index < -0.39 is 0 Å². The lowest BCUT2D eigenvalue weighted by atomic mass is 10.2. The standard InChI is InChI=1S/C21H23N5OS/c1-26(2)20-17(8-6-12-23-20)14-24-21(27)25-18-9-5-7-16(13-18)15-28-19-10-3-4-11-22-19/h3-13H,14-15H2,1-2H3,(H2,24,25,27). The Morgan fingerprint density at radius 3 is 2.68 bits per heavy atom. The number of anilines is 2. The summed E-state index contributed by atoms with van der Waals surface area (Å²) in [6.07, 6.45) is 3.53. The van der Waals surface area contributed by atoms with Crippen molar-refractivity contribution in [2.24, 2.45) is 0 Å². The molecule has 2 heterocycles. The number of hydrogen-bond donors (Lipinski definition) is 2. The molecule has 144 valence electrons. The summed E-state index contributed by atoms with van der Waals surface area (Å²) in [5.74, 6) is 1.63. The van der Waals surface area contributed by atoms with Crippen LogP contribution in [-0.2, 0) is 12.3 Å². The number of rotatable bonds is 7. The van der Waals surface area contributed by atoms with Crippen LogP contribution in [0.2, 0.25) is 0 Å². The minimum atomic E-state index is -0.247. The summed E-state index contributed by atoms with van der Waals surface area (Å²) in [5.41, 5.74) is 2.84. The number of aromatic nitrogens is 2. The third-order valence-corrected chi connectivity index (χ3v) is 4.95. The molecule has 2 N–H and O–H groups in total. The monoisotopic (exact) mass is 393 g/mol. The fraction of sp³-hybridized carbons (Fsp3) is 0.190. The molecule has 0 aliphatic heterocycles. The largest absolute Gasteiger partial charge is 0.362 e. The van der Waals surface area contributed by atoms with Crippen molar-refractivity contribution in [2.45, 2.75) is 17.3 Å². The second kappa shape index (κ2) is 9.75. The first kappa shape index (κ1) is 19.7. The Bertz CT molecular complexity index is 917. The molecule has 0 radical (unpaired) electrons. The summed E-state index contributed by atoms with van der Waals surface area (Å²) in [7, 11) is 3.86. The zero-order chi connectivity index (χ0) is 19.8. The van der Waals surface area contributed by atoms with Crippen molar-refractivity contribution in [3.8, 4) is 0 Å². The third-order valence-electron chi connectivity index (χ3n) is 3.94. The molecule has 3 aromatic rings. The number of pyridine rings is 2. The van der Waals surface area contributed by atoms with Crippen molar-refractivity contribution in [2.75, 3.05) is 24.3 Å². The van der Waals surface area contributed by atoms with Gasteiger partial charge in [-0.25, -0.2) is 14.8 Å². The predicted octanol–water partition coefficient (Wildman–Crippen LogP) is 4.16. The first-order valence-electron chi connectivity index (χ1n) is 8.90. The number of amides is 2. The second-order valence-corrected chi connectivity index (χ2v) is 7.34. The van der Waals surface area contributed by atoms with Gasteiger partial charge in [-0.1, -0.05) is 24.3 Å². The third kappa shape index (κ3) is 5.72. The quantitative estimate of drug-likeness (QED) is 0.590. The molecule has 1 aromatic carbocycles. The van der Waals surface area contributed by atoms with Gasteiger partial charge in [0.15, 0.2) is 0 Å². The van der Waals surface area contributed by atoms with E-state index in [9.17, 15) is 4.79 Å². The van der Waals surface area contributed by atoms with E-state index in [0.717, 1.165) is 33.4 Å². The summed E-state index contributed by atoms with van der Waals surface area (Å²) in [5, 5.41) is 6.76. The Morgan fingerprint density at radius 2 is 1.89 bits per heavy atom. The molecule has 7 heteroatoms. The Morgan fingerprint density at radius 1 is 1.04 bits per heavy atom. The molecule has 0 fully saturated rings.